The highest BCUT2D eigenvalue weighted by molar-refractivity contribution is 5.65. The molecule has 30 heavy (non-hydrogen) atoms. The fourth-order valence-corrected chi connectivity index (χ4v) is 3.83. The molecule has 0 spiro atoms. The van der Waals surface area contributed by atoms with Crippen molar-refractivity contribution < 1.29 is 9.13 Å². The molecule has 1 fully saturated rings. The quantitative estimate of drug-likeness (QED) is 0.502. The Labute approximate surface area is 174 Å². The maximum absolute atomic E-state index is 13.0. The molecule has 0 amide bonds. The number of benzene rings is 2. The van der Waals surface area contributed by atoms with Crippen LogP contribution in [0.15, 0.2) is 67.0 Å². The van der Waals surface area contributed by atoms with E-state index in [2.05, 4.69) is 38.2 Å². The molecule has 5 rings (SSSR count). The first-order chi connectivity index (χ1) is 14.8. The number of halogens is 1. The van der Waals surface area contributed by atoms with Crippen molar-refractivity contribution in [2.45, 2.75) is 25.6 Å². The SMILES string of the molecule is Fc1ccc(COC2CCN(c3cc(-c4ccccc4)nc4ncnn34)CC2)cc1. The Kier molecular flexibility index (Phi) is 5.11. The lowest BCUT2D eigenvalue weighted by Crippen LogP contribution is -2.38. The Balaban J connectivity index is 1.30. The molecule has 1 saturated heterocycles. The summed E-state index contributed by atoms with van der Waals surface area (Å²) in [5, 5.41) is 4.37. The number of ether oxygens (including phenoxy) is 1. The van der Waals surface area contributed by atoms with Gasteiger partial charge in [-0.2, -0.15) is 14.6 Å². The number of hydrogen-bond donors (Lipinski definition) is 0. The zero-order valence-electron chi connectivity index (χ0n) is 16.5. The van der Waals surface area contributed by atoms with E-state index in [1.165, 1.54) is 12.1 Å². The van der Waals surface area contributed by atoms with Gasteiger partial charge in [-0.05, 0) is 30.5 Å². The number of aromatic nitrogens is 4. The van der Waals surface area contributed by atoms with Gasteiger partial charge in [0.25, 0.3) is 5.78 Å². The molecule has 0 atom stereocenters. The third kappa shape index (κ3) is 3.89. The summed E-state index contributed by atoms with van der Waals surface area (Å²) < 4.78 is 20.9. The lowest BCUT2D eigenvalue weighted by Gasteiger charge is -2.33. The van der Waals surface area contributed by atoms with Gasteiger partial charge in [0.05, 0.1) is 18.4 Å². The standard InChI is InChI=1S/C23H22FN5O/c24-19-8-6-17(7-9-19)15-30-20-10-12-28(13-11-20)22-14-21(18-4-2-1-3-5-18)27-23-25-16-26-29(22)23/h1-9,14,16,20H,10-13,15H2. The van der Waals surface area contributed by atoms with Gasteiger partial charge in [-0.1, -0.05) is 42.5 Å². The molecule has 4 aromatic rings. The van der Waals surface area contributed by atoms with E-state index in [9.17, 15) is 4.39 Å². The molecule has 0 aliphatic carbocycles. The summed E-state index contributed by atoms with van der Waals surface area (Å²) in [4.78, 5) is 11.3. The lowest BCUT2D eigenvalue weighted by atomic mass is 10.1. The fraction of sp³-hybridized carbons (Fsp3) is 0.261. The number of fused-ring (bicyclic) bond motifs is 1. The number of rotatable bonds is 5. The van der Waals surface area contributed by atoms with Crippen LogP contribution in [0.1, 0.15) is 18.4 Å². The second-order valence-corrected chi connectivity index (χ2v) is 7.46. The summed E-state index contributed by atoms with van der Waals surface area (Å²) >= 11 is 0. The van der Waals surface area contributed by atoms with Crippen molar-refractivity contribution in [1.29, 1.82) is 0 Å². The molecule has 1 aliphatic rings. The van der Waals surface area contributed by atoms with Crippen LogP contribution in [0.2, 0.25) is 0 Å². The maximum Gasteiger partial charge on any atom is 0.254 e. The third-order valence-electron chi connectivity index (χ3n) is 5.47. The van der Waals surface area contributed by atoms with Gasteiger partial charge in [-0.15, -0.1) is 0 Å². The number of anilines is 1. The van der Waals surface area contributed by atoms with E-state index >= 15 is 0 Å². The highest BCUT2D eigenvalue weighted by Gasteiger charge is 2.23. The molecule has 0 radical (unpaired) electrons. The summed E-state index contributed by atoms with van der Waals surface area (Å²) in [6.07, 6.45) is 3.56. The smallest absolute Gasteiger partial charge is 0.254 e. The van der Waals surface area contributed by atoms with Crippen molar-refractivity contribution in [1.82, 2.24) is 19.6 Å². The Morgan fingerprint density at radius 1 is 1.00 bits per heavy atom. The minimum Gasteiger partial charge on any atom is -0.373 e. The van der Waals surface area contributed by atoms with E-state index in [-0.39, 0.29) is 11.9 Å². The van der Waals surface area contributed by atoms with Crippen LogP contribution in [0.25, 0.3) is 17.0 Å². The summed E-state index contributed by atoms with van der Waals surface area (Å²) in [6, 6.07) is 18.7. The molecular formula is C23H22FN5O. The first-order valence-electron chi connectivity index (χ1n) is 10.1. The van der Waals surface area contributed by atoms with E-state index < -0.39 is 0 Å². The van der Waals surface area contributed by atoms with E-state index in [1.54, 1.807) is 23.0 Å². The van der Waals surface area contributed by atoms with Crippen molar-refractivity contribution in [3.8, 4) is 11.3 Å². The molecule has 2 aromatic heterocycles. The topological polar surface area (TPSA) is 55.5 Å². The van der Waals surface area contributed by atoms with Gasteiger partial charge in [0, 0.05) is 24.7 Å². The van der Waals surface area contributed by atoms with E-state index in [1.807, 2.05) is 18.2 Å². The minimum absolute atomic E-state index is 0.188. The van der Waals surface area contributed by atoms with Gasteiger partial charge < -0.3 is 9.64 Å². The van der Waals surface area contributed by atoms with Crippen molar-refractivity contribution >= 4 is 11.6 Å². The normalized spacial score (nSPS) is 15.0. The Morgan fingerprint density at radius 2 is 1.77 bits per heavy atom. The van der Waals surface area contributed by atoms with Crippen LogP contribution in [-0.2, 0) is 11.3 Å². The van der Waals surface area contributed by atoms with Gasteiger partial charge in [-0.3, -0.25) is 0 Å². The molecule has 0 saturated carbocycles. The maximum atomic E-state index is 13.0. The van der Waals surface area contributed by atoms with E-state index in [4.69, 9.17) is 4.74 Å². The van der Waals surface area contributed by atoms with Crippen molar-refractivity contribution in [2.24, 2.45) is 0 Å². The van der Waals surface area contributed by atoms with Crippen LogP contribution in [0.4, 0.5) is 10.2 Å². The van der Waals surface area contributed by atoms with Gasteiger partial charge in [0.15, 0.2) is 0 Å². The minimum atomic E-state index is -0.223. The number of nitrogens with zero attached hydrogens (tertiary/aromatic N) is 5. The van der Waals surface area contributed by atoms with Crippen LogP contribution in [0.3, 0.4) is 0 Å². The molecule has 7 heteroatoms. The molecule has 0 N–H and O–H groups in total. The predicted molar refractivity (Wildman–Crippen MR) is 113 cm³/mol. The van der Waals surface area contributed by atoms with Gasteiger partial charge in [-0.25, -0.2) is 9.37 Å². The zero-order chi connectivity index (χ0) is 20.3. The van der Waals surface area contributed by atoms with Crippen LogP contribution in [-0.4, -0.2) is 38.8 Å². The summed E-state index contributed by atoms with van der Waals surface area (Å²) in [7, 11) is 0. The van der Waals surface area contributed by atoms with Crippen molar-refractivity contribution in [2.75, 3.05) is 18.0 Å². The predicted octanol–water partition coefficient (Wildman–Crippen LogP) is 4.12. The van der Waals surface area contributed by atoms with Gasteiger partial charge >= 0.3 is 0 Å². The zero-order valence-corrected chi connectivity index (χ0v) is 16.5. The fourth-order valence-electron chi connectivity index (χ4n) is 3.83. The molecule has 3 heterocycles. The molecule has 0 bridgehead atoms. The highest BCUT2D eigenvalue weighted by atomic mass is 19.1. The Morgan fingerprint density at radius 3 is 2.53 bits per heavy atom. The second kappa shape index (κ2) is 8.20. The van der Waals surface area contributed by atoms with Gasteiger partial charge in [0.1, 0.15) is 18.0 Å². The van der Waals surface area contributed by atoms with Gasteiger partial charge in [0.2, 0.25) is 0 Å². The highest BCUT2D eigenvalue weighted by Crippen LogP contribution is 2.26. The molecule has 2 aromatic carbocycles. The summed E-state index contributed by atoms with van der Waals surface area (Å²) in [5.74, 6) is 1.37. The Bertz CT molecular complexity index is 1120. The molecule has 0 unspecified atom stereocenters. The van der Waals surface area contributed by atoms with E-state index in [0.717, 1.165) is 48.6 Å². The largest absolute Gasteiger partial charge is 0.373 e. The van der Waals surface area contributed by atoms with Crippen LogP contribution in [0, 0.1) is 5.82 Å². The van der Waals surface area contributed by atoms with Crippen molar-refractivity contribution in [3.63, 3.8) is 0 Å². The molecule has 152 valence electrons. The average molecular weight is 403 g/mol. The van der Waals surface area contributed by atoms with E-state index in [0.29, 0.717) is 12.4 Å². The first-order valence-corrected chi connectivity index (χ1v) is 10.1. The number of hydrogen-bond acceptors (Lipinski definition) is 5. The Hall–Kier alpha value is -3.32. The second-order valence-electron chi connectivity index (χ2n) is 7.46. The number of piperidine rings is 1. The summed E-state index contributed by atoms with van der Waals surface area (Å²) in [6.45, 7) is 2.23. The average Bonchev–Trinajstić information content (AvgIpc) is 3.28. The van der Waals surface area contributed by atoms with Crippen LogP contribution in [0.5, 0.6) is 0 Å². The lowest BCUT2D eigenvalue weighted by molar-refractivity contribution is 0.0250. The molecule has 1 aliphatic heterocycles. The van der Waals surface area contributed by atoms with Crippen LogP contribution >= 0.6 is 0 Å². The molecule has 6 nitrogen and oxygen atoms in total. The first kappa shape index (κ1) is 18.7. The monoisotopic (exact) mass is 403 g/mol. The summed E-state index contributed by atoms with van der Waals surface area (Å²) in [5.41, 5.74) is 2.94. The van der Waals surface area contributed by atoms with Crippen molar-refractivity contribution in [3.05, 3.63) is 78.4 Å². The third-order valence-corrected chi connectivity index (χ3v) is 5.47. The van der Waals surface area contributed by atoms with Crippen LogP contribution < -0.4 is 4.90 Å². The molecular weight excluding hydrogens is 381 g/mol.